The van der Waals surface area contributed by atoms with Crippen LogP contribution in [0.3, 0.4) is 0 Å². The summed E-state index contributed by atoms with van der Waals surface area (Å²) >= 11 is 12.0. The molecular formula is C22H23Cl2NO6S. The minimum atomic E-state index is -4.40. The average molecular weight is 500 g/mol. The number of benzene rings is 2. The first-order valence-corrected chi connectivity index (χ1v) is 12.4. The van der Waals surface area contributed by atoms with E-state index in [1.54, 1.807) is 62.4 Å². The number of halogens is 2. The Morgan fingerprint density at radius 2 is 1.12 bits per heavy atom. The molecule has 1 aliphatic heterocycles. The summed E-state index contributed by atoms with van der Waals surface area (Å²) in [6, 6.07) is 11.0. The summed E-state index contributed by atoms with van der Waals surface area (Å²) in [5, 5.41) is 0.804. The molecule has 0 aliphatic carbocycles. The molecule has 0 saturated carbocycles. The maximum Gasteiger partial charge on any atom is 0.326 e. The lowest BCUT2D eigenvalue weighted by atomic mass is 9.96. The van der Waals surface area contributed by atoms with Gasteiger partial charge in [0, 0.05) is 10.0 Å². The summed E-state index contributed by atoms with van der Waals surface area (Å²) in [6.45, 7) is 3.14. The lowest BCUT2D eigenvalue weighted by Crippen LogP contribution is -2.59. The molecule has 1 saturated heterocycles. The van der Waals surface area contributed by atoms with Crippen molar-refractivity contribution in [2.24, 2.45) is 0 Å². The van der Waals surface area contributed by atoms with Crippen LogP contribution < -0.4 is 5.32 Å². The van der Waals surface area contributed by atoms with E-state index in [0.29, 0.717) is 21.2 Å². The maximum atomic E-state index is 13.8. The van der Waals surface area contributed by atoms with Crippen molar-refractivity contribution in [2.75, 3.05) is 13.2 Å². The summed E-state index contributed by atoms with van der Waals surface area (Å²) in [6.07, 6.45) is 0. The number of carbonyl (C=O) groups is 2. The Morgan fingerprint density at radius 3 is 1.44 bits per heavy atom. The molecule has 4 atom stereocenters. The van der Waals surface area contributed by atoms with Gasteiger partial charge in [-0.2, -0.15) is 0 Å². The summed E-state index contributed by atoms with van der Waals surface area (Å²) < 4.78 is 37.7. The van der Waals surface area contributed by atoms with E-state index >= 15 is 0 Å². The molecule has 2 aromatic rings. The third-order valence-electron chi connectivity index (χ3n) is 5.17. The van der Waals surface area contributed by atoms with Gasteiger partial charge in [0.25, 0.3) is 0 Å². The van der Waals surface area contributed by atoms with Crippen LogP contribution in [0.4, 0.5) is 0 Å². The highest BCUT2D eigenvalue weighted by molar-refractivity contribution is 7.94. The van der Waals surface area contributed by atoms with Crippen molar-refractivity contribution in [2.45, 2.75) is 36.4 Å². The van der Waals surface area contributed by atoms with Crippen molar-refractivity contribution >= 4 is 45.0 Å². The summed E-state index contributed by atoms with van der Waals surface area (Å²) in [7, 11) is -4.40. The van der Waals surface area contributed by atoms with Crippen molar-refractivity contribution in [1.82, 2.24) is 5.32 Å². The summed E-state index contributed by atoms with van der Waals surface area (Å²) in [4.78, 5) is 25.7. The first-order chi connectivity index (χ1) is 15.2. The third kappa shape index (κ3) is 4.93. The minimum absolute atomic E-state index is 0.0110. The van der Waals surface area contributed by atoms with E-state index in [1.807, 2.05) is 0 Å². The van der Waals surface area contributed by atoms with Crippen molar-refractivity contribution in [3.8, 4) is 0 Å². The molecule has 1 heterocycles. The number of sulfone groups is 1. The molecule has 0 amide bonds. The number of carbonyl (C=O) groups excluding carboxylic acids is 2. The average Bonchev–Trinajstić information content (AvgIpc) is 2.73. The van der Waals surface area contributed by atoms with Gasteiger partial charge in [0.15, 0.2) is 20.3 Å². The number of nitrogens with one attached hydrogen (secondary N) is 1. The largest absolute Gasteiger partial charge is 0.465 e. The van der Waals surface area contributed by atoms with Gasteiger partial charge in [-0.1, -0.05) is 47.5 Å². The van der Waals surface area contributed by atoms with Gasteiger partial charge in [-0.25, -0.2) is 8.42 Å². The Morgan fingerprint density at radius 1 is 0.781 bits per heavy atom. The fourth-order valence-electron chi connectivity index (χ4n) is 3.78. The van der Waals surface area contributed by atoms with Crippen LogP contribution in [0.15, 0.2) is 48.5 Å². The predicted molar refractivity (Wildman–Crippen MR) is 121 cm³/mol. The summed E-state index contributed by atoms with van der Waals surface area (Å²) in [5.74, 6) is -1.88. The van der Waals surface area contributed by atoms with Crippen LogP contribution in [0.5, 0.6) is 0 Å². The molecule has 7 nitrogen and oxygen atoms in total. The van der Waals surface area contributed by atoms with Crippen LogP contribution in [0, 0.1) is 0 Å². The first-order valence-electron chi connectivity index (χ1n) is 10.0. The van der Waals surface area contributed by atoms with Crippen LogP contribution >= 0.6 is 23.2 Å². The quantitative estimate of drug-likeness (QED) is 0.605. The molecule has 32 heavy (non-hydrogen) atoms. The highest BCUT2D eigenvalue weighted by atomic mass is 35.5. The number of hydrogen-bond acceptors (Lipinski definition) is 7. The lowest BCUT2D eigenvalue weighted by Gasteiger charge is -2.40. The Bertz CT molecular complexity index is 993. The van der Waals surface area contributed by atoms with E-state index < -0.39 is 44.4 Å². The first kappa shape index (κ1) is 24.5. The zero-order valence-electron chi connectivity index (χ0n) is 17.5. The van der Waals surface area contributed by atoms with Gasteiger partial charge < -0.3 is 9.47 Å². The molecule has 2 aromatic carbocycles. The van der Waals surface area contributed by atoms with Crippen LogP contribution in [0.2, 0.25) is 10.0 Å². The normalized spacial score (nSPS) is 24.5. The number of hydrogen-bond donors (Lipinski definition) is 1. The molecule has 1 fully saturated rings. The van der Waals surface area contributed by atoms with Crippen LogP contribution in [-0.4, -0.2) is 44.1 Å². The highest BCUT2D eigenvalue weighted by Gasteiger charge is 2.56. The maximum absolute atomic E-state index is 13.8. The van der Waals surface area contributed by atoms with E-state index in [0.717, 1.165) is 0 Å². The highest BCUT2D eigenvalue weighted by Crippen LogP contribution is 2.39. The molecule has 4 unspecified atom stereocenters. The van der Waals surface area contributed by atoms with E-state index in [4.69, 9.17) is 32.7 Å². The van der Waals surface area contributed by atoms with Gasteiger partial charge in [-0.3, -0.25) is 14.9 Å². The second kappa shape index (κ2) is 10.2. The van der Waals surface area contributed by atoms with Gasteiger partial charge >= 0.3 is 11.9 Å². The van der Waals surface area contributed by atoms with Gasteiger partial charge in [-0.15, -0.1) is 0 Å². The molecule has 0 bridgehead atoms. The Hall–Kier alpha value is -2.13. The number of rotatable bonds is 6. The lowest BCUT2D eigenvalue weighted by molar-refractivity contribution is -0.144. The SMILES string of the molecule is CCOC(=O)C1C(c2ccc(Cl)cc2)NC(c2ccc(Cl)cc2)C(C(=O)OCC)S1(=O)=O. The Kier molecular flexibility index (Phi) is 7.82. The molecule has 1 N–H and O–H groups in total. The van der Waals surface area contributed by atoms with Gasteiger partial charge in [0.2, 0.25) is 0 Å². The van der Waals surface area contributed by atoms with Crippen molar-refractivity contribution in [3.05, 3.63) is 69.7 Å². The fraction of sp³-hybridized carbons (Fsp3) is 0.364. The topological polar surface area (TPSA) is 98.8 Å². The standard InChI is InChI=1S/C22H23Cl2NO6S/c1-3-30-21(26)19-17(13-5-9-15(23)10-6-13)25-18(14-7-11-16(24)12-8-14)20(32(19,28)29)22(27)31-4-2/h5-12,17-20,25H,3-4H2,1-2H3. The smallest absolute Gasteiger partial charge is 0.326 e. The Balaban J connectivity index is 2.18. The number of ether oxygens (including phenoxy) is 2. The third-order valence-corrected chi connectivity index (χ3v) is 8.02. The van der Waals surface area contributed by atoms with Gasteiger partial charge in [-0.05, 0) is 49.2 Å². The van der Waals surface area contributed by atoms with E-state index in [1.165, 1.54) is 0 Å². The fourth-order valence-corrected chi connectivity index (χ4v) is 6.25. The molecule has 10 heteroatoms. The van der Waals surface area contributed by atoms with Crippen LogP contribution in [0.1, 0.15) is 37.1 Å². The molecular weight excluding hydrogens is 477 g/mol. The summed E-state index contributed by atoms with van der Waals surface area (Å²) in [5.41, 5.74) is 1.02. The zero-order chi connectivity index (χ0) is 23.5. The van der Waals surface area contributed by atoms with Crippen LogP contribution in [0.25, 0.3) is 0 Å². The molecule has 1 aliphatic rings. The second-order valence-corrected chi connectivity index (χ2v) is 10.2. The van der Waals surface area contributed by atoms with E-state index in [-0.39, 0.29) is 13.2 Å². The molecule has 0 spiro atoms. The molecule has 0 aromatic heterocycles. The zero-order valence-corrected chi connectivity index (χ0v) is 19.8. The monoisotopic (exact) mass is 499 g/mol. The Labute approximate surface area is 196 Å². The van der Waals surface area contributed by atoms with Crippen molar-refractivity contribution in [1.29, 1.82) is 0 Å². The predicted octanol–water partition coefficient (Wildman–Crippen LogP) is 3.66. The van der Waals surface area contributed by atoms with Crippen molar-refractivity contribution < 1.29 is 27.5 Å². The van der Waals surface area contributed by atoms with Crippen LogP contribution in [-0.2, 0) is 28.9 Å². The van der Waals surface area contributed by atoms with Crippen molar-refractivity contribution in [3.63, 3.8) is 0 Å². The molecule has 172 valence electrons. The van der Waals surface area contributed by atoms with E-state index in [2.05, 4.69) is 5.32 Å². The molecule has 3 rings (SSSR count). The second-order valence-electron chi connectivity index (χ2n) is 7.16. The van der Waals surface area contributed by atoms with E-state index in [9.17, 15) is 18.0 Å². The van der Waals surface area contributed by atoms with Gasteiger partial charge in [0.1, 0.15) is 0 Å². The van der Waals surface area contributed by atoms with Gasteiger partial charge in [0.05, 0.1) is 25.3 Å². The molecule has 0 radical (unpaired) electrons. The minimum Gasteiger partial charge on any atom is -0.465 e. The number of esters is 2.